The van der Waals surface area contributed by atoms with Crippen molar-refractivity contribution in [2.45, 2.75) is 45.9 Å². The number of amides is 2. The lowest BCUT2D eigenvalue weighted by Gasteiger charge is -2.18. The standard InChI is InChI=1S/C19H38N4O10S2/c1-14(2)18(24)32-8-7-20-19(25)21-15(3)11-30-9-10-31-13-17(5)33-12-16(4)22-35(28,29)23-34(6,26)27/h15-17,22-23H,1,7-13H2,2-6H3,(H2,20,21,25). The molecular formula is C19H38N4O10S2. The Bertz CT molecular complexity index is 880. The third kappa shape index (κ3) is 20.1. The fourth-order valence-corrected chi connectivity index (χ4v) is 4.64. The fourth-order valence-electron chi connectivity index (χ4n) is 2.25. The molecule has 0 spiro atoms. The molecule has 0 aliphatic rings. The Balaban J connectivity index is 3.84. The molecule has 2 amide bonds. The van der Waals surface area contributed by atoms with Gasteiger partial charge in [-0.15, -0.1) is 0 Å². The van der Waals surface area contributed by atoms with Crippen molar-refractivity contribution in [1.82, 2.24) is 19.5 Å². The topological polar surface area (TPSA) is 187 Å². The van der Waals surface area contributed by atoms with Crippen molar-refractivity contribution in [3.05, 3.63) is 12.2 Å². The molecule has 0 aliphatic carbocycles. The van der Waals surface area contributed by atoms with Crippen LogP contribution in [0.1, 0.15) is 27.7 Å². The van der Waals surface area contributed by atoms with E-state index in [9.17, 15) is 26.4 Å². The van der Waals surface area contributed by atoms with Crippen molar-refractivity contribution in [2.24, 2.45) is 0 Å². The molecule has 14 nitrogen and oxygen atoms in total. The second-order valence-corrected chi connectivity index (χ2v) is 11.3. The van der Waals surface area contributed by atoms with E-state index in [1.165, 1.54) is 18.0 Å². The maximum atomic E-state index is 11.7. The van der Waals surface area contributed by atoms with Gasteiger partial charge in [0.25, 0.3) is 10.2 Å². The molecule has 0 heterocycles. The number of urea groups is 1. The second-order valence-electron chi connectivity index (χ2n) is 7.89. The zero-order valence-corrected chi connectivity index (χ0v) is 22.4. The van der Waals surface area contributed by atoms with Crippen LogP contribution in [0.5, 0.6) is 0 Å². The van der Waals surface area contributed by atoms with Crippen LogP contribution in [0.2, 0.25) is 0 Å². The Labute approximate surface area is 207 Å². The third-order valence-corrected chi connectivity index (χ3v) is 6.49. The van der Waals surface area contributed by atoms with Gasteiger partial charge in [-0.3, -0.25) is 0 Å². The van der Waals surface area contributed by atoms with Crippen molar-refractivity contribution in [2.75, 3.05) is 52.4 Å². The van der Waals surface area contributed by atoms with Gasteiger partial charge in [0.2, 0.25) is 10.0 Å². The van der Waals surface area contributed by atoms with Crippen LogP contribution in [0.15, 0.2) is 12.2 Å². The molecule has 0 aromatic rings. The zero-order valence-electron chi connectivity index (χ0n) is 20.8. The van der Waals surface area contributed by atoms with Crippen molar-refractivity contribution >= 4 is 32.2 Å². The summed E-state index contributed by atoms with van der Waals surface area (Å²) >= 11 is 0. The summed E-state index contributed by atoms with van der Waals surface area (Å²) in [5.74, 6) is -0.515. The van der Waals surface area contributed by atoms with Gasteiger partial charge < -0.3 is 29.6 Å². The smallest absolute Gasteiger partial charge is 0.333 e. The number of hydrogen-bond donors (Lipinski definition) is 4. The predicted octanol–water partition coefficient (Wildman–Crippen LogP) is -0.996. The first-order valence-corrected chi connectivity index (χ1v) is 14.1. The molecule has 0 rings (SSSR count). The number of carbonyl (C=O) groups excluding carboxylic acids is 2. The Morgan fingerprint density at radius 1 is 0.914 bits per heavy atom. The normalized spacial score (nSPS) is 14.5. The van der Waals surface area contributed by atoms with Crippen LogP contribution in [-0.2, 0) is 44.0 Å². The molecule has 35 heavy (non-hydrogen) atoms. The largest absolute Gasteiger partial charge is 0.460 e. The molecule has 0 saturated heterocycles. The number of ether oxygens (including phenoxy) is 4. The molecular weight excluding hydrogens is 508 g/mol. The van der Waals surface area contributed by atoms with Crippen LogP contribution in [0.3, 0.4) is 0 Å². The Hall–Kier alpha value is -1.82. The quantitative estimate of drug-likeness (QED) is 0.0889. The lowest BCUT2D eigenvalue weighted by Crippen LogP contribution is -2.45. The van der Waals surface area contributed by atoms with E-state index in [1.54, 1.807) is 13.8 Å². The van der Waals surface area contributed by atoms with Crippen LogP contribution in [0.25, 0.3) is 0 Å². The van der Waals surface area contributed by atoms with Gasteiger partial charge in [0.15, 0.2) is 0 Å². The molecule has 0 aromatic carbocycles. The van der Waals surface area contributed by atoms with Gasteiger partial charge in [-0.2, -0.15) is 13.1 Å². The van der Waals surface area contributed by atoms with Gasteiger partial charge in [-0.05, 0) is 27.7 Å². The van der Waals surface area contributed by atoms with Gasteiger partial charge in [0.05, 0.1) is 58.0 Å². The average Bonchev–Trinajstić information content (AvgIpc) is 2.69. The number of carbonyl (C=O) groups is 2. The van der Waals surface area contributed by atoms with Gasteiger partial charge >= 0.3 is 12.0 Å². The van der Waals surface area contributed by atoms with Crippen LogP contribution < -0.4 is 19.5 Å². The fraction of sp³-hybridized carbons (Fsp3) is 0.789. The summed E-state index contributed by atoms with van der Waals surface area (Å²) in [4.78, 5) is 23.0. The first-order chi connectivity index (χ1) is 16.1. The van der Waals surface area contributed by atoms with E-state index in [4.69, 9.17) is 18.9 Å². The number of nitrogens with one attached hydrogen (secondary N) is 4. The summed E-state index contributed by atoms with van der Waals surface area (Å²) in [6.45, 7) is 11.3. The van der Waals surface area contributed by atoms with E-state index in [-0.39, 0.29) is 63.9 Å². The van der Waals surface area contributed by atoms with Crippen molar-refractivity contribution in [1.29, 1.82) is 0 Å². The minimum Gasteiger partial charge on any atom is -0.460 e. The number of sulfonamides is 1. The van der Waals surface area contributed by atoms with E-state index in [0.29, 0.717) is 0 Å². The molecule has 3 atom stereocenters. The molecule has 206 valence electrons. The summed E-state index contributed by atoms with van der Waals surface area (Å²) in [5.41, 5.74) is 0.285. The maximum Gasteiger partial charge on any atom is 0.333 e. The molecule has 0 fully saturated rings. The maximum absolute atomic E-state index is 11.7. The molecule has 0 radical (unpaired) electrons. The summed E-state index contributed by atoms with van der Waals surface area (Å²) in [6, 6.07) is -1.35. The van der Waals surface area contributed by atoms with E-state index < -0.39 is 38.3 Å². The van der Waals surface area contributed by atoms with Gasteiger partial charge in [-0.1, -0.05) is 10.7 Å². The Morgan fingerprint density at radius 2 is 1.51 bits per heavy atom. The van der Waals surface area contributed by atoms with Crippen molar-refractivity contribution < 1.29 is 45.4 Å². The molecule has 0 bridgehead atoms. The van der Waals surface area contributed by atoms with Crippen molar-refractivity contribution in [3.63, 3.8) is 0 Å². The summed E-state index contributed by atoms with van der Waals surface area (Å²) in [6.07, 6.45) is 0.392. The monoisotopic (exact) mass is 546 g/mol. The van der Waals surface area contributed by atoms with Crippen LogP contribution in [0.4, 0.5) is 4.79 Å². The number of esters is 1. The van der Waals surface area contributed by atoms with Gasteiger partial charge in [0, 0.05) is 11.6 Å². The van der Waals surface area contributed by atoms with Crippen molar-refractivity contribution in [3.8, 4) is 0 Å². The molecule has 16 heteroatoms. The SMILES string of the molecule is C=C(C)C(=O)OCCNC(=O)NC(C)COCCOCC(C)OCC(C)NS(=O)(=O)NS(C)(=O)=O. The van der Waals surface area contributed by atoms with E-state index in [0.717, 1.165) is 6.26 Å². The molecule has 4 N–H and O–H groups in total. The van der Waals surface area contributed by atoms with E-state index in [1.807, 2.05) is 0 Å². The summed E-state index contributed by atoms with van der Waals surface area (Å²) in [5, 5.41) is 5.23. The first kappa shape index (κ1) is 33.2. The van der Waals surface area contributed by atoms with Crippen LogP contribution in [0, 0.1) is 0 Å². The Morgan fingerprint density at radius 3 is 2.09 bits per heavy atom. The highest BCUT2D eigenvalue weighted by atomic mass is 32.3. The highest BCUT2D eigenvalue weighted by Gasteiger charge is 2.19. The molecule has 0 aliphatic heterocycles. The minimum absolute atomic E-state index is 0.00722. The molecule has 0 aromatic heterocycles. The Kier molecular flexibility index (Phi) is 15.9. The highest BCUT2D eigenvalue weighted by molar-refractivity contribution is 8.03. The average molecular weight is 547 g/mol. The predicted molar refractivity (Wildman–Crippen MR) is 128 cm³/mol. The number of rotatable bonds is 19. The van der Waals surface area contributed by atoms with E-state index in [2.05, 4.69) is 21.9 Å². The lowest BCUT2D eigenvalue weighted by atomic mass is 10.4. The first-order valence-electron chi connectivity index (χ1n) is 10.8. The second kappa shape index (κ2) is 16.8. The number of hydrogen-bond acceptors (Lipinski definition) is 10. The van der Waals surface area contributed by atoms with Crippen LogP contribution >= 0.6 is 0 Å². The molecule has 3 unspecified atom stereocenters. The summed E-state index contributed by atoms with van der Waals surface area (Å²) < 4.78 is 70.2. The molecule has 0 saturated carbocycles. The third-order valence-electron chi connectivity index (χ3n) is 3.69. The zero-order chi connectivity index (χ0) is 27.1. The van der Waals surface area contributed by atoms with E-state index >= 15 is 0 Å². The van der Waals surface area contributed by atoms with Gasteiger partial charge in [-0.25, -0.2) is 18.0 Å². The summed E-state index contributed by atoms with van der Waals surface area (Å²) in [7, 11) is -8.12. The highest BCUT2D eigenvalue weighted by Crippen LogP contribution is 1.97. The lowest BCUT2D eigenvalue weighted by molar-refractivity contribution is -0.138. The van der Waals surface area contributed by atoms with Crippen LogP contribution in [-0.4, -0.2) is 99.5 Å². The minimum atomic E-state index is -4.21. The van der Waals surface area contributed by atoms with Gasteiger partial charge in [0.1, 0.15) is 6.61 Å².